The normalized spacial score (nSPS) is 11.8. The van der Waals surface area contributed by atoms with E-state index in [0.717, 1.165) is 38.0 Å². The molecular formula is C14H23N3O4S. The molecule has 22 heavy (non-hydrogen) atoms. The van der Waals surface area contributed by atoms with Crippen molar-refractivity contribution in [3.63, 3.8) is 0 Å². The van der Waals surface area contributed by atoms with Crippen molar-refractivity contribution >= 4 is 15.5 Å². The van der Waals surface area contributed by atoms with Gasteiger partial charge in [0.1, 0.15) is 0 Å². The Morgan fingerprint density at radius 3 is 2.14 bits per heavy atom. The molecule has 1 aromatic rings. The van der Waals surface area contributed by atoms with Crippen LogP contribution >= 0.6 is 0 Å². The van der Waals surface area contributed by atoms with Crippen molar-refractivity contribution in [3.8, 4) is 0 Å². The molecule has 1 rings (SSSR count). The summed E-state index contributed by atoms with van der Waals surface area (Å²) < 4.78 is 23.2. The van der Waals surface area contributed by atoms with Crippen molar-refractivity contribution in [2.45, 2.75) is 36.5 Å². The second kappa shape index (κ2) is 8.21. The molecule has 0 aliphatic carbocycles. The first-order valence-electron chi connectivity index (χ1n) is 7.19. The number of nitro groups is 1. The Morgan fingerprint density at radius 1 is 1.18 bits per heavy atom. The minimum absolute atomic E-state index is 0.0406. The lowest BCUT2D eigenvalue weighted by Crippen LogP contribution is -2.10. The third-order valence-electron chi connectivity index (χ3n) is 3.58. The van der Waals surface area contributed by atoms with Gasteiger partial charge in [0.25, 0.3) is 5.69 Å². The van der Waals surface area contributed by atoms with Gasteiger partial charge in [-0.3, -0.25) is 10.1 Å². The highest BCUT2D eigenvalue weighted by molar-refractivity contribution is 7.90. The van der Waals surface area contributed by atoms with E-state index >= 15 is 0 Å². The number of hydrogen-bond acceptors (Lipinski definition) is 6. The molecule has 7 nitrogen and oxygen atoms in total. The maximum atomic E-state index is 11.6. The maximum absolute atomic E-state index is 11.6. The molecular weight excluding hydrogens is 306 g/mol. The van der Waals surface area contributed by atoms with Gasteiger partial charge in [-0.15, -0.1) is 0 Å². The zero-order valence-electron chi connectivity index (χ0n) is 12.7. The minimum atomic E-state index is -3.48. The Bertz CT molecular complexity index is 609. The average molecular weight is 329 g/mol. The highest BCUT2D eigenvalue weighted by Crippen LogP contribution is 2.34. The smallest absolute Gasteiger partial charge is 0.274 e. The molecule has 124 valence electrons. The van der Waals surface area contributed by atoms with Crippen LogP contribution in [0.25, 0.3) is 0 Å². The van der Waals surface area contributed by atoms with Gasteiger partial charge in [0, 0.05) is 17.9 Å². The number of nitrogens with two attached hydrogens (primary N) is 2. The molecule has 0 fully saturated rings. The molecule has 4 N–H and O–H groups in total. The first-order chi connectivity index (χ1) is 10.3. The van der Waals surface area contributed by atoms with E-state index in [9.17, 15) is 18.5 Å². The van der Waals surface area contributed by atoms with E-state index in [-0.39, 0.29) is 16.5 Å². The summed E-state index contributed by atoms with van der Waals surface area (Å²) >= 11 is 0. The predicted molar refractivity (Wildman–Crippen MR) is 85.5 cm³/mol. The Balaban J connectivity index is 3.26. The van der Waals surface area contributed by atoms with Gasteiger partial charge in [-0.05, 0) is 50.8 Å². The summed E-state index contributed by atoms with van der Waals surface area (Å²) in [4.78, 5) is 10.7. The fraction of sp³-hybridized carbons (Fsp3) is 0.571. The Kier molecular flexibility index (Phi) is 6.92. The van der Waals surface area contributed by atoms with Crippen molar-refractivity contribution in [1.82, 2.24) is 0 Å². The van der Waals surface area contributed by atoms with Crippen LogP contribution in [-0.4, -0.2) is 32.7 Å². The number of nitrogens with zero attached hydrogens (tertiary/aromatic N) is 1. The molecule has 0 amide bonds. The lowest BCUT2D eigenvalue weighted by Gasteiger charge is -2.17. The van der Waals surface area contributed by atoms with Crippen molar-refractivity contribution in [3.05, 3.63) is 33.9 Å². The van der Waals surface area contributed by atoms with Crippen LogP contribution in [0.1, 0.15) is 37.2 Å². The van der Waals surface area contributed by atoms with E-state index in [1.165, 1.54) is 6.07 Å². The average Bonchev–Trinajstić information content (AvgIpc) is 2.46. The van der Waals surface area contributed by atoms with Crippen LogP contribution in [0.3, 0.4) is 0 Å². The summed E-state index contributed by atoms with van der Waals surface area (Å²) in [6, 6.07) is 4.12. The predicted octanol–water partition coefficient (Wildman–Crippen LogP) is 1.56. The van der Waals surface area contributed by atoms with Crippen molar-refractivity contribution in [2.24, 2.45) is 11.5 Å². The van der Waals surface area contributed by atoms with Crippen molar-refractivity contribution in [1.29, 1.82) is 0 Å². The molecule has 0 aliphatic rings. The molecule has 1 aromatic carbocycles. The molecule has 0 aromatic heterocycles. The monoisotopic (exact) mass is 329 g/mol. The number of rotatable bonds is 9. The second-order valence-electron chi connectivity index (χ2n) is 5.31. The van der Waals surface area contributed by atoms with Crippen LogP contribution in [0.15, 0.2) is 23.1 Å². The van der Waals surface area contributed by atoms with Crippen molar-refractivity contribution < 1.29 is 13.3 Å². The molecule has 0 heterocycles. The SMILES string of the molecule is CS(=O)(=O)c1ccc(C(CCCN)CCCN)c([N+](=O)[O-])c1. The molecule has 0 aliphatic heterocycles. The summed E-state index contributed by atoms with van der Waals surface area (Å²) in [5, 5.41) is 11.3. The van der Waals surface area contributed by atoms with E-state index in [1.54, 1.807) is 6.07 Å². The molecule has 0 saturated heterocycles. The lowest BCUT2D eigenvalue weighted by atomic mass is 9.89. The molecule has 0 atom stereocenters. The standard InChI is InChI=1S/C14H23N3O4S/c1-22(20,21)12-6-7-13(14(10-12)17(18)19)11(4-2-8-15)5-3-9-16/h6-7,10-11H,2-5,8-9,15-16H2,1H3. The first kappa shape index (κ1) is 18.5. The lowest BCUT2D eigenvalue weighted by molar-refractivity contribution is -0.386. The van der Waals surface area contributed by atoms with Gasteiger partial charge >= 0.3 is 0 Å². The highest BCUT2D eigenvalue weighted by Gasteiger charge is 2.24. The molecule has 0 radical (unpaired) electrons. The Hall–Kier alpha value is -1.51. The number of sulfone groups is 1. The second-order valence-corrected chi connectivity index (χ2v) is 7.32. The summed E-state index contributed by atoms with van der Waals surface area (Å²) in [6.07, 6.45) is 3.97. The minimum Gasteiger partial charge on any atom is -0.330 e. The zero-order chi connectivity index (χ0) is 16.8. The molecule has 0 bridgehead atoms. The summed E-state index contributed by atoms with van der Waals surface area (Å²) in [5.41, 5.74) is 11.5. The largest absolute Gasteiger partial charge is 0.330 e. The third kappa shape index (κ3) is 5.04. The third-order valence-corrected chi connectivity index (χ3v) is 4.69. The van der Waals surface area contributed by atoms with Gasteiger partial charge in [0.15, 0.2) is 9.84 Å². The van der Waals surface area contributed by atoms with E-state index in [1.807, 2.05) is 0 Å². The van der Waals surface area contributed by atoms with Crippen LogP contribution < -0.4 is 11.5 Å². The van der Waals surface area contributed by atoms with Gasteiger partial charge < -0.3 is 11.5 Å². The van der Waals surface area contributed by atoms with Gasteiger partial charge in [0.05, 0.1) is 9.82 Å². The molecule has 0 spiro atoms. The molecule has 8 heteroatoms. The maximum Gasteiger partial charge on any atom is 0.274 e. The van der Waals surface area contributed by atoms with Crippen molar-refractivity contribution in [2.75, 3.05) is 19.3 Å². The number of nitro benzene ring substituents is 1. The van der Waals surface area contributed by atoms with Gasteiger partial charge in [-0.1, -0.05) is 6.07 Å². The van der Waals surface area contributed by atoms with Crippen LogP contribution in [0.4, 0.5) is 5.69 Å². The van der Waals surface area contributed by atoms with Crippen LogP contribution in [0.5, 0.6) is 0 Å². The van der Waals surface area contributed by atoms with Gasteiger partial charge in [-0.2, -0.15) is 0 Å². The van der Waals surface area contributed by atoms with Crippen LogP contribution in [0, 0.1) is 10.1 Å². The quantitative estimate of drug-likeness (QED) is 0.522. The van der Waals surface area contributed by atoms with E-state index in [0.29, 0.717) is 18.7 Å². The van der Waals surface area contributed by atoms with Gasteiger partial charge in [-0.25, -0.2) is 8.42 Å². The van der Waals surface area contributed by atoms with E-state index in [4.69, 9.17) is 11.5 Å². The fourth-order valence-electron chi connectivity index (χ4n) is 2.44. The Labute approximate surface area is 130 Å². The zero-order valence-corrected chi connectivity index (χ0v) is 13.5. The van der Waals surface area contributed by atoms with E-state index < -0.39 is 14.8 Å². The first-order valence-corrected chi connectivity index (χ1v) is 9.09. The number of hydrogen-bond donors (Lipinski definition) is 2. The van der Waals surface area contributed by atoms with Crippen LogP contribution in [-0.2, 0) is 9.84 Å². The topological polar surface area (TPSA) is 129 Å². The van der Waals surface area contributed by atoms with Gasteiger partial charge in [0.2, 0.25) is 0 Å². The summed E-state index contributed by atoms with van der Waals surface area (Å²) in [6.45, 7) is 1.02. The summed E-state index contributed by atoms with van der Waals surface area (Å²) in [7, 11) is -3.48. The molecule has 0 saturated carbocycles. The Morgan fingerprint density at radius 2 is 1.73 bits per heavy atom. The summed E-state index contributed by atoms with van der Waals surface area (Å²) in [5.74, 6) is -0.0406. The molecule has 0 unspecified atom stereocenters. The fourth-order valence-corrected chi connectivity index (χ4v) is 3.08. The van der Waals surface area contributed by atoms with Crippen LogP contribution in [0.2, 0.25) is 0 Å². The number of benzene rings is 1. The van der Waals surface area contributed by atoms with E-state index in [2.05, 4.69) is 0 Å². The highest BCUT2D eigenvalue weighted by atomic mass is 32.2.